The van der Waals surface area contributed by atoms with Gasteiger partial charge in [0, 0.05) is 19.6 Å². The second-order valence-electron chi connectivity index (χ2n) is 8.42. The molecule has 1 aliphatic heterocycles. The fourth-order valence-corrected chi connectivity index (χ4v) is 6.01. The van der Waals surface area contributed by atoms with Gasteiger partial charge in [-0.05, 0) is 66.8 Å². The van der Waals surface area contributed by atoms with Gasteiger partial charge >= 0.3 is 0 Å². The van der Waals surface area contributed by atoms with Crippen LogP contribution in [0.4, 0.5) is 0 Å². The normalized spacial score (nSPS) is 17.1. The first-order valence-electron chi connectivity index (χ1n) is 11.4. The molecule has 0 bridgehead atoms. The van der Waals surface area contributed by atoms with Crippen LogP contribution in [0.3, 0.4) is 0 Å². The number of piperidine rings is 1. The van der Waals surface area contributed by atoms with Gasteiger partial charge < -0.3 is 10.1 Å². The van der Waals surface area contributed by atoms with Crippen LogP contribution in [-0.2, 0) is 21.4 Å². The number of carbonyl (C=O) groups is 1. The number of amides is 1. The molecular formula is C26H30N2O4S. The predicted molar refractivity (Wildman–Crippen MR) is 130 cm³/mol. The Bertz CT molecular complexity index is 1250. The van der Waals surface area contributed by atoms with Crippen molar-refractivity contribution in [2.45, 2.75) is 38.1 Å². The van der Waals surface area contributed by atoms with E-state index >= 15 is 0 Å². The summed E-state index contributed by atoms with van der Waals surface area (Å²) >= 11 is 0. The first kappa shape index (κ1) is 23.3. The predicted octanol–water partition coefficient (Wildman–Crippen LogP) is 4.26. The van der Waals surface area contributed by atoms with Crippen LogP contribution >= 0.6 is 0 Å². The maximum atomic E-state index is 13.3. The molecule has 1 atom stereocenters. The fraction of sp³-hybridized carbons (Fsp3) is 0.346. The Balaban J connectivity index is 1.44. The van der Waals surface area contributed by atoms with Gasteiger partial charge in [-0.25, -0.2) is 8.42 Å². The van der Waals surface area contributed by atoms with Crippen LogP contribution in [0.1, 0.15) is 30.9 Å². The minimum atomic E-state index is -3.68. The van der Waals surface area contributed by atoms with Gasteiger partial charge in [0.25, 0.3) is 0 Å². The zero-order valence-corrected chi connectivity index (χ0v) is 19.9. The smallest absolute Gasteiger partial charge is 0.243 e. The molecule has 1 aliphatic rings. The van der Waals surface area contributed by atoms with Crippen LogP contribution in [-0.4, -0.2) is 38.3 Å². The number of sulfonamides is 1. The molecule has 0 aliphatic carbocycles. The van der Waals surface area contributed by atoms with Gasteiger partial charge in [-0.2, -0.15) is 4.31 Å². The van der Waals surface area contributed by atoms with E-state index in [0.717, 1.165) is 21.9 Å². The monoisotopic (exact) mass is 466 g/mol. The summed E-state index contributed by atoms with van der Waals surface area (Å²) in [7, 11) is -3.68. The maximum absolute atomic E-state index is 13.3. The average Bonchev–Trinajstić information content (AvgIpc) is 2.84. The highest BCUT2D eigenvalue weighted by atomic mass is 32.2. The largest absolute Gasteiger partial charge is 0.494 e. The van der Waals surface area contributed by atoms with Gasteiger partial charge in [-0.3, -0.25) is 4.79 Å². The third-order valence-corrected chi connectivity index (χ3v) is 8.03. The maximum Gasteiger partial charge on any atom is 0.243 e. The summed E-state index contributed by atoms with van der Waals surface area (Å²) in [4.78, 5) is 13.2. The zero-order chi connectivity index (χ0) is 23.4. The van der Waals surface area contributed by atoms with Crippen molar-refractivity contribution in [3.63, 3.8) is 0 Å². The molecule has 0 saturated carbocycles. The molecule has 4 rings (SSSR count). The SMILES string of the molecule is CCOc1ccc(S(=O)(=O)N2CCCC(C(=O)NCc3cccc4ccccc34)C2)cc1C. The first-order valence-corrected chi connectivity index (χ1v) is 12.8. The van der Waals surface area contributed by atoms with Crippen LogP contribution in [0.25, 0.3) is 10.8 Å². The molecule has 0 spiro atoms. The Morgan fingerprint density at radius 2 is 1.91 bits per heavy atom. The lowest BCUT2D eigenvalue weighted by molar-refractivity contribution is -0.126. The topological polar surface area (TPSA) is 75.7 Å². The quantitative estimate of drug-likeness (QED) is 0.564. The molecule has 1 amide bonds. The van der Waals surface area contributed by atoms with Crippen molar-refractivity contribution in [2.24, 2.45) is 5.92 Å². The molecule has 33 heavy (non-hydrogen) atoms. The number of rotatable bonds is 7. The van der Waals surface area contributed by atoms with Crippen molar-refractivity contribution in [3.05, 3.63) is 71.8 Å². The summed E-state index contributed by atoms with van der Waals surface area (Å²) in [6.07, 6.45) is 1.33. The van der Waals surface area contributed by atoms with Crippen LogP contribution in [0, 0.1) is 12.8 Å². The van der Waals surface area contributed by atoms with Gasteiger partial charge in [0.2, 0.25) is 15.9 Å². The summed E-state index contributed by atoms with van der Waals surface area (Å²) in [5.74, 6) is 0.207. The number of hydrogen-bond acceptors (Lipinski definition) is 4. The number of ether oxygens (including phenoxy) is 1. The number of nitrogens with one attached hydrogen (secondary N) is 1. The molecule has 3 aromatic rings. The van der Waals surface area contributed by atoms with E-state index in [0.29, 0.717) is 38.3 Å². The number of hydrogen-bond donors (Lipinski definition) is 1. The number of aryl methyl sites for hydroxylation is 1. The van der Waals surface area contributed by atoms with Gasteiger partial charge in [0.05, 0.1) is 17.4 Å². The molecule has 1 unspecified atom stereocenters. The van der Waals surface area contributed by atoms with E-state index < -0.39 is 10.0 Å². The van der Waals surface area contributed by atoms with Crippen LogP contribution in [0.5, 0.6) is 5.75 Å². The summed E-state index contributed by atoms with van der Waals surface area (Å²) in [6.45, 7) is 5.28. The van der Waals surface area contributed by atoms with Gasteiger partial charge in [-0.15, -0.1) is 0 Å². The van der Waals surface area contributed by atoms with E-state index in [1.807, 2.05) is 56.3 Å². The molecule has 174 valence electrons. The number of carbonyl (C=O) groups excluding carboxylic acids is 1. The summed E-state index contributed by atoms with van der Waals surface area (Å²) in [5, 5.41) is 5.27. The van der Waals surface area contributed by atoms with Crippen LogP contribution in [0.2, 0.25) is 0 Å². The van der Waals surface area contributed by atoms with E-state index in [-0.39, 0.29) is 23.3 Å². The van der Waals surface area contributed by atoms with E-state index in [4.69, 9.17) is 4.74 Å². The van der Waals surface area contributed by atoms with Gasteiger partial charge in [0.15, 0.2) is 0 Å². The molecule has 6 nitrogen and oxygen atoms in total. The number of fused-ring (bicyclic) bond motifs is 1. The van der Waals surface area contributed by atoms with Crippen molar-refractivity contribution in [2.75, 3.05) is 19.7 Å². The summed E-state index contributed by atoms with van der Waals surface area (Å²) in [6, 6.07) is 19.0. The molecule has 1 fully saturated rings. The minimum absolute atomic E-state index is 0.106. The molecular weight excluding hydrogens is 436 g/mol. The molecule has 3 aromatic carbocycles. The van der Waals surface area contributed by atoms with Crippen LogP contribution < -0.4 is 10.1 Å². The van der Waals surface area contributed by atoms with Crippen molar-refractivity contribution < 1.29 is 17.9 Å². The highest BCUT2D eigenvalue weighted by Gasteiger charge is 2.33. The van der Waals surface area contributed by atoms with Gasteiger partial charge in [-0.1, -0.05) is 42.5 Å². The molecule has 1 N–H and O–H groups in total. The summed E-state index contributed by atoms with van der Waals surface area (Å²) < 4.78 is 33.5. The van der Waals surface area contributed by atoms with E-state index in [1.165, 1.54) is 4.31 Å². The molecule has 1 saturated heterocycles. The Hall–Kier alpha value is -2.90. The average molecular weight is 467 g/mol. The highest BCUT2D eigenvalue weighted by molar-refractivity contribution is 7.89. The molecule has 0 radical (unpaired) electrons. The second kappa shape index (κ2) is 9.93. The Morgan fingerprint density at radius 1 is 1.12 bits per heavy atom. The summed E-state index contributed by atoms with van der Waals surface area (Å²) in [5.41, 5.74) is 1.82. The van der Waals surface area contributed by atoms with Crippen molar-refractivity contribution >= 4 is 26.7 Å². The molecule has 7 heteroatoms. The Kier molecular flexibility index (Phi) is 7.00. The van der Waals surface area contributed by atoms with E-state index in [1.54, 1.807) is 18.2 Å². The highest BCUT2D eigenvalue weighted by Crippen LogP contribution is 2.27. The molecule has 0 aromatic heterocycles. The number of nitrogens with zero attached hydrogens (tertiary/aromatic N) is 1. The molecule has 1 heterocycles. The van der Waals surface area contributed by atoms with E-state index in [2.05, 4.69) is 5.32 Å². The zero-order valence-electron chi connectivity index (χ0n) is 19.1. The van der Waals surface area contributed by atoms with Crippen molar-refractivity contribution in [3.8, 4) is 5.75 Å². The lowest BCUT2D eigenvalue weighted by atomic mass is 9.98. The van der Waals surface area contributed by atoms with Gasteiger partial charge in [0.1, 0.15) is 5.75 Å². The Morgan fingerprint density at radius 3 is 2.70 bits per heavy atom. The lowest BCUT2D eigenvalue weighted by Crippen LogP contribution is -2.45. The first-order chi connectivity index (χ1) is 15.9. The number of benzene rings is 3. The third-order valence-electron chi connectivity index (χ3n) is 6.17. The fourth-order valence-electron chi connectivity index (χ4n) is 4.40. The third kappa shape index (κ3) is 5.04. The lowest BCUT2D eigenvalue weighted by Gasteiger charge is -2.31. The van der Waals surface area contributed by atoms with Crippen LogP contribution in [0.15, 0.2) is 65.6 Å². The Labute approximate surface area is 195 Å². The van der Waals surface area contributed by atoms with E-state index in [9.17, 15) is 13.2 Å². The second-order valence-corrected chi connectivity index (χ2v) is 10.4. The standard InChI is InChI=1S/C26H30N2O4S/c1-3-32-25-14-13-23(16-19(25)2)33(30,31)28-15-7-11-22(18-28)26(29)27-17-21-10-6-9-20-8-4-5-12-24(20)21/h4-6,8-10,12-14,16,22H,3,7,11,15,17-18H2,1-2H3,(H,27,29). The van der Waals surface area contributed by atoms with Crippen molar-refractivity contribution in [1.82, 2.24) is 9.62 Å². The minimum Gasteiger partial charge on any atom is -0.494 e. The van der Waals surface area contributed by atoms with Crippen molar-refractivity contribution in [1.29, 1.82) is 0 Å².